The molecule has 5 nitrogen and oxygen atoms in total. The Morgan fingerprint density at radius 2 is 2.20 bits per heavy atom. The van der Waals surface area contributed by atoms with Crippen LogP contribution in [-0.4, -0.2) is 27.1 Å². The lowest BCUT2D eigenvalue weighted by molar-refractivity contribution is -0.137. The third-order valence-electron chi connectivity index (χ3n) is 2.14. The van der Waals surface area contributed by atoms with Gasteiger partial charge in [-0.05, 0) is 13.3 Å². The minimum Gasteiger partial charge on any atom is -0.481 e. The van der Waals surface area contributed by atoms with Crippen molar-refractivity contribution in [3.63, 3.8) is 0 Å². The molecule has 0 aliphatic carbocycles. The maximum absolute atomic E-state index is 10.6. The minimum absolute atomic E-state index is 0.0898. The Bertz CT molecular complexity index is 341. The second-order valence-corrected chi connectivity index (χ2v) is 3.34. The van der Waals surface area contributed by atoms with Crippen molar-refractivity contribution >= 4 is 11.8 Å². The topological polar surface area (TPSA) is 75.1 Å². The standard InChI is InChI=1S/C10H15N3O2/c1-3-8(6-9(14)15)13-10-7(2)11-4-5-12-10/h4-5,8H,3,6H2,1-2H3,(H,12,13)(H,14,15). The van der Waals surface area contributed by atoms with Gasteiger partial charge >= 0.3 is 5.97 Å². The number of carboxylic acid groups (broad SMARTS) is 1. The van der Waals surface area contributed by atoms with E-state index >= 15 is 0 Å². The van der Waals surface area contributed by atoms with Crippen molar-refractivity contribution in [2.24, 2.45) is 0 Å². The van der Waals surface area contributed by atoms with Crippen LogP contribution in [-0.2, 0) is 4.79 Å². The van der Waals surface area contributed by atoms with Gasteiger partial charge in [-0.2, -0.15) is 0 Å². The molecular weight excluding hydrogens is 194 g/mol. The SMILES string of the molecule is CCC(CC(=O)O)Nc1nccnc1C. The smallest absolute Gasteiger partial charge is 0.305 e. The average molecular weight is 209 g/mol. The number of nitrogens with zero attached hydrogens (tertiary/aromatic N) is 2. The van der Waals surface area contributed by atoms with Gasteiger partial charge in [0.05, 0.1) is 12.1 Å². The van der Waals surface area contributed by atoms with E-state index in [-0.39, 0.29) is 12.5 Å². The van der Waals surface area contributed by atoms with Crippen molar-refractivity contribution in [1.29, 1.82) is 0 Å². The number of aryl methyl sites for hydroxylation is 1. The zero-order valence-corrected chi connectivity index (χ0v) is 8.90. The van der Waals surface area contributed by atoms with E-state index in [1.807, 2.05) is 13.8 Å². The molecule has 1 aromatic rings. The second-order valence-electron chi connectivity index (χ2n) is 3.34. The van der Waals surface area contributed by atoms with Crippen LogP contribution in [0.3, 0.4) is 0 Å². The summed E-state index contributed by atoms with van der Waals surface area (Å²) in [5, 5.41) is 11.8. The lowest BCUT2D eigenvalue weighted by atomic mass is 10.1. The van der Waals surface area contributed by atoms with E-state index in [1.165, 1.54) is 0 Å². The molecule has 0 saturated heterocycles. The summed E-state index contributed by atoms with van der Waals surface area (Å²) in [7, 11) is 0. The predicted octanol–water partition coefficient (Wildman–Crippen LogP) is 1.45. The van der Waals surface area contributed by atoms with Crippen molar-refractivity contribution in [2.45, 2.75) is 32.7 Å². The maximum Gasteiger partial charge on any atom is 0.305 e. The molecule has 0 radical (unpaired) electrons. The van der Waals surface area contributed by atoms with E-state index in [2.05, 4.69) is 15.3 Å². The highest BCUT2D eigenvalue weighted by Crippen LogP contribution is 2.11. The molecule has 2 N–H and O–H groups in total. The summed E-state index contributed by atoms with van der Waals surface area (Å²) in [6.45, 7) is 3.77. The van der Waals surface area contributed by atoms with Gasteiger partial charge < -0.3 is 10.4 Å². The Balaban J connectivity index is 2.66. The molecule has 0 saturated carbocycles. The van der Waals surface area contributed by atoms with E-state index in [4.69, 9.17) is 5.11 Å². The number of aromatic nitrogens is 2. The Hall–Kier alpha value is -1.65. The lowest BCUT2D eigenvalue weighted by Crippen LogP contribution is -2.23. The number of nitrogens with one attached hydrogen (secondary N) is 1. The molecule has 0 aliphatic heterocycles. The van der Waals surface area contributed by atoms with Crippen molar-refractivity contribution in [1.82, 2.24) is 9.97 Å². The second kappa shape index (κ2) is 5.29. The van der Waals surface area contributed by atoms with Crippen molar-refractivity contribution in [3.8, 4) is 0 Å². The first kappa shape index (κ1) is 11.4. The molecule has 0 fully saturated rings. The van der Waals surface area contributed by atoms with Gasteiger partial charge in [-0.15, -0.1) is 0 Å². The van der Waals surface area contributed by atoms with E-state index in [0.29, 0.717) is 5.82 Å². The molecule has 0 aliphatic rings. The zero-order valence-electron chi connectivity index (χ0n) is 8.90. The van der Waals surface area contributed by atoms with Crippen LogP contribution in [0, 0.1) is 6.92 Å². The lowest BCUT2D eigenvalue weighted by Gasteiger charge is -2.16. The maximum atomic E-state index is 10.6. The van der Waals surface area contributed by atoms with Gasteiger partial charge in [-0.1, -0.05) is 6.92 Å². The first-order valence-electron chi connectivity index (χ1n) is 4.89. The van der Waals surface area contributed by atoms with Gasteiger partial charge in [-0.3, -0.25) is 9.78 Å². The number of hydrogen-bond acceptors (Lipinski definition) is 4. The molecule has 1 atom stereocenters. The third kappa shape index (κ3) is 3.53. The Kier molecular flexibility index (Phi) is 4.03. The van der Waals surface area contributed by atoms with Crippen LogP contribution in [0.1, 0.15) is 25.5 Å². The van der Waals surface area contributed by atoms with Crippen molar-refractivity contribution < 1.29 is 9.90 Å². The first-order chi connectivity index (χ1) is 7.13. The fraction of sp³-hybridized carbons (Fsp3) is 0.500. The number of hydrogen-bond donors (Lipinski definition) is 2. The van der Waals surface area contributed by atoms with Gasteiger partial charge in [0, 0.05) is 18.4 Å². The molecule has 82 valence electrons. The summed E-state index contributed by atoms with van der Waals surface area (Å²) in [4.78, 5) is 18.7. The van der Waals surface area contributed by atoms with Crippen molar-refractivity contribution in [2.75, 3.05) is 5.32 Å². The summed E-state index contributed by atoms with van der Waals surface area (Å²) < 4.78 is 0. The highest BCUT2D eigenvalue weighted by molar-refractivity contribution is 5.68. The summed E-state index contributed by atoms with van der Waals surface area (Å²) in [5.41, 5.74) is 0.779. The highest BCUT2D eigenvalue weighted by Gasteiger charge is 2.12. The van der Waals surface area contributed by atoms with Crippen LogP contribution in [0.25, 0.3) is 0 Å². The molecule has 1 rings (SSSR count). The Labute approximate surface area is 88.6 Å². The van der Waals surface area contributed by atoms with E-state index in [0.717, 1.165) is 12.1 Å². The zero-order chi connectivity index (χ0) is 11.3. The molecule has 0 spiro atoms. The third-order valence-corrected chi connectivity index (χ3v) is 2.14. The van der Waals surface area contributed by atoms with Crippen LogP contribution in [0.5, 0.6) is 0 Å². The molecular formula is C10H15N3O2. The predicted molar refractivity (Wildman–Crippen MR) is 56.7 cm³/mol. The van der Waals surface area contributed by atoms with E-state index < -0.39 is 5.97 Å². The van der Waals surface area contributed by atoms with Gasteiger partial charge in [0.25, 0.3) is 0 Å². The van der Waals surface area contributed by atoms with Crippen LogP contribution in [0.2, 0.25) is 0 Å². The summed E-state index contributed by atoms with van der Waals surface area (Å²) >= 11 is 0. The Morgan fingerprint density at radius 1 is 1.53 bits per heavy atom. The molecule has 1 heterocycles. The van der Waals surface area contributed by atoms with Crippen LogP contribution < -0.4 is 5.32 Å². The molecule has 0 bridgehead atoms. The van der Waals surface area contributed by atoms with Gasteiger partial charge in [0.1, 0.15) is 5.82 Å². The molecule has 1 unspecified atom stereocenters. The number of anilines is 1. The number of carbonyl (C=O) groups is 1. The monoisotopic (exact) mass is 209 g/mol. The van der Waals surface area contributed by atoms with Crippen LogP contribution in [0.4, 0.5) is 5.82 Å². The molecule has 0 aromatic carbocycles. The molecule has 1 aromatic heterocycles. The van der Waals surface area contributed by atoms with Crippen LogP contribution >= 0.6 is 0 Å². The normalized spacial score (nSPS) is 12.1. The van der Waals surface area contributed by atoms with Crippen molar-refractivity contribution in [3.05, 3.63) is 18.1 Å². The van der Waals surface area contributed by atoms with Gasteiger partial charge in [-0.25, -0.2) is 4.98 Å². The summed E-state index contributed by atoms with van der Waals surface area (Å²) in [6.07, 6.45) is 4.02. The molecule has 5 heteroatoms. The summed E-state index contributed by atoms with van der Waals surface area (Å²) in [6, 6.07) is -0.0992. The quantitative estimate of drug-likeness (QED) is 0.767. The number of rotatable bonds is 5. The molecule has 0 amide bonds. The fourth-order valence-electron chi connectivity index (χ4n) is 1.25. The van der Waals surface area contributed by atoms with Gasteiger partial charge in [0.15, 0.2) is 0 Å². The number of carboxylic acids is 1. The van der Waals surface area contributed by atoms with Crippen LogP contribution in [0.15, 0.2) is 12.4 Å². The molecule has 15 heavy (non-hydrogen) atoms. The van der Waals surface area contributed by atoms with E-state index in [1.54, 1.807) is 12.4 Å². The van der Waals surface area contributed by atoms with Gasteiger partial charge in [0.2, 0.25) is 0 Å². The highest BCUT2D eigenvalue weighted by atomic mass is 16.4. The minimum atomic E-state index is -0.809. The fourth-order valence-corrected chi connectivity index (χ4v) is 1.25. The Morgan fingerprint density at radius 3 is 2.73 bits per heavy atom. The van der Waals surface area contributed by atoms with E-state index in [9.17, 15) is 4.79 Å². The average Bonchev–Trinajstić information content (AvgIpc) is 2.19. The largest absolute Gasteiger partial charge is 0.481 e. The number of aliphatic carboxylic acids is 1. The first-order valence-corrected chi connectivity index (χ1v) is 4.89. The summed E-state index contributed by atoms with van der Waals surface area (Å²) in [5.74, 6) is -0.151.